The Balaban J connectivity index is 1.77. The van der Waals surface area contributed by atoms with E-state index < -0.39 is 15.8 Å². The number of carbonyl (C=O) groups is 2. The number of nitrogens with zero attached hydrogens (tertiary/aromatic N) is 1. The summed E-state index contributed by atoms with van der Waals surface area (Å²) in [5.74, 6) is -1.10. The molecule has 1 aromatic heterocycles. The molecule has 0 spiro atoms. The van der Waals surface area contributed by atoms with E-state index in [0.29, 0.717) is 29.1 Å². The highest BCUT2D eigenvalue weighted by atomic mass is 32.2. The summed E-state index contributed by atoms with van der Waals surface area (Å²) in [4.78, 5) is 27.8. The molecule has 150 valence electrons. The summed E-state index contributed by atoms with van der Waals surface area (Å²) in [6.07, 6.45) is 3.12. The third-order valence-corrected chi connectivity index (χ3v) is 8.18. The first-order valence-corrected chi connectivity index (χ1v) is 11.7. The summed E-state index contributed by atoms with van der Waals surface area (Å²) < 4.78 is 26.2. The summed E-state index contributed by atoms with van der Waals surface area (Å²) in [6.45, 7) is 1.85. The van der Waals surface area contributed by atoms with Gasteiger partial charge in [0.25, 0.3) is 0 Å². The molecular weight excluding hydrogens is 398 g/mol. The smallest absolute Gasteiger partial charge is 0.309 e. The molecule has 1 aliphatic carbocycles. The molecule has 8 heteroatoms. The maximum absolute atomic E-state index is 13.1. The number of rotatable bonds is 8. The molecule has 1 heterocycles. The maximum atomic E-state index is 13.1. The fourth-order valence-corrected chi connectivity index (χ4v) is 6.55. The summed E-state index contributed by atoms with van der Waals surface area (Å²) in [7, 11) is -3.45. The third kappa shape index (κ3) is 4.86. The number of ketones is 1. The Morgan fingerprint density at radius 3 is 2.57 bits per heavy atom. The Kier molecular flexibility index (Phi) is 6.30. The van der Waals surface area contributed by atoms with E-state index in [4.69, 9.17) is 5.11 Å². The first-order chi connectivity index (χ1) is 13.3. The van der Waals surface area contributed by atoms with Gasteiger partial charge in [-0.3, -0.25) is 9.59 Å². The van der Waals surface area contributed by atoms with E-state index in [9.17, 15) is 18.0 Å². The van der Waals surface area contributed by atoms with Crippen molar-refractivity contribution in [3.8, 4) is 0 Å². The molecule has 0 bridgehead atoms. The fourth-order valence-electron chi connectivity index (χ4n) is 3.56. The Labute approximate surface area is 168 Å². The summed E-state index contributed by atoms with van der Waals surface area (Å²) in [5.41, 5.74) is 1.82. The second kappa shape index (κ2) is 8.53. The van der Waals surface area contributed by atoms with Crippen LogP contribution in [0.2, 0.25) is 0 Å². The number of sulfone groups is 1. The van der Waals surface area contributed by atoms with Gasteiger partial charge < -0.3 is 5.11 Å². The van der Waals surface area contributed by atoms with Crippen molar-refractivity contribution in [2.24, 2.45) is 0 Å². The predicted octanol–water partition coefficient (Wildman–Crippen LogP) is 3.15. The SMILES string of the molecule is Cc1ccc(CC(=O)Cc2nc(CC(=O)O)cs2)c(S(=O)(=O)C2CCCC2)c1. The third-order valence-electron chi connectivity index (χ3n) is 4.94. The lowest BCUT2D eigenvalue weighted by molar-refractivity contribution is -0.136. The van der Waals surface area contributed by atoms with Crippen LogP contribution < -0.4 is 0 Å². The summed E-state index contributed by atoms with van der Waals surface area (Å²) >= 11 is 1.25. The van der Waals surface area contributed by atoms with Gasteiger partial charge in [-0.1, -0.05) is 25.0 Å². The number of carboxylic acids is 1. The van der Waals surface area contributed by atoms with Gasteiger partial charge >= 0.3 is 5.97 Å². The van der Waals surface area contributed by atoms with E-state index in [2.05, 4.69) is 4.98 Å². The highest BCUT2D eigenvalue weighted by Gasteiger charge is 2.32. The second-order valence-corrected chi connectivity index (χ2v) is 10.4. The predicted molar refractivity (Wildman–Crippen MR) is 106 cm³/mol. The zero-order chi connectivity index (χ0) is 20.3. The van der Waals surface area contributed by atoms with E-state index in [1.165, 1.54) is 11.3 Å². The molecule has 1 fully saturated rings. The molecule has 1 aromatic carbocycles. The number of thiazole rings is 1. The van der Waals surface area contributed by atoms with Crippen molar-refractivity contribution in [2.75, 3.05) is 0 Å². The van der Waals surface area contributed by atoms with E-state index in [-0.39, 0.29) is 35.2 Å². The molecule has 0 unspecified atom stereocenters. The molecule has 6 nitrogen and oxygen atoms in total. The van der Waals surface area contributed by atoms with Crippen LogP contribution in [0.1, 0.15) is 47.5 Å². The minimum atomic E-state index is -3.45. The van der Waals surface area contributed by atoms with Gasteiger partial charge in [-0.05, 0) is 37.0 Å². The largest absolute Gasteiger partial charge is 0.481 e. The van der Waals surface area contributed by atoms with Gasteiger partial charge in [-0.15, -0.1) is 11.3 Å². The number of carboxylic acid groups (broad SMARTS) is 1. The van der Waals surface area contributed by atoms with Crippen LogP contribution in [0.5, 0.6) is 0 Å². The molecule has 2 aromatic rings. The van der Waals surface area contributed by atoms with Crippen LogP contribution in [0.4, 0.5) is 0 Å². The lowest BCUT2D eigenvalue weighted by atomic mass is 10.1. The Hall–Kier alpha value is -2.06. The maximum Gasteiger partial charge on any atom is 0.309 e. The molecular formula is C20H23NO5S2. The van der Waals surface area contributed by atoms with Crippen LogP contribution >= 0.6 is 11.3 Å². The average molecular weight is 422 g/mol. The van der Waals surface area contributed by atoms with E-state index in [0.717, 1.165) is 18.4 Å². The molecule has 0 amide bonds. The zero-order valence-corrected chi connectivity index (χ0v) is 17.3. The van der Waals surface area contributed by atoms with Gasteiger partial charge in [0.2, 0.25) is 0 Å². The van der Waals surface area contributed by atoms with Crippen molar-refractivity contribution in [3.63, 3.8) is 0 Å². The minimum absolute atomic E-state index is 0.0232. The van der Waals surface area contributed by atoms with Crippen LogP contribution in [0.15, 0.2) is 28.5 Å². The number of benzene rings is 1. The topological polar surface area (TPSA) is 101 Å². The molecule has 1 N–H and O–H groups in total. The van der Waals surface area contributed by atoms with E-state index in [1.54, 1.807) is 17.5 Å². The van der Waals surface area contributed by atoms with Gasteiger partial charge in [0, 0.05) is 11.8 Å². The van der Waals surface area contributed by atoms with Crippen LogP contribution in [-0.4, -0.2) is 35.5 Å². The van der Waals surface area contributed by atoms with Crippen molar-refractivity contribution in [3.05, 3.63) is 45.4 Å². The molecule has 0 saturated heterocycles. The van der Waals surface area contributed by atoms with Crippen LogP contribution in [-0.2, 0) is 38.7 Å². The molecule has 28 heavy (non-hydrogen) atoms. The van der Waals surface area contributed by atoms with Crippen molar-refractivity contribution < 1.29 is 23.1 Å². The van der Waals surface area contributed by atoms with Crippen LogP contribution in [0, 0.1) is 6.92 Å². The first kappa shape index (κ1) is 20.7. The quantitative estimate of drug-likeness (QED) is 0.703. The summed E-state index contributed by atoms with van der Waals surface area (Å²) in [5, 5.41) is 10.6. The number of aliphatic carboxylic acids is 1. The fraction of sp³-hybridized carbons (Fsp3) is 0.450. The second-order valence-electron chi connectivity index (χ2n) is 7.26. The van der Waals surface area contributed by atoms with E-state index in [1.807, 2.05) is 13.0 Å². The Morgan fingerprint density at radius 1 is 1.18 bits per heavy atom. The van der Waals surface area contributed by atoms with Crippen LogP contribution in [0.3, 0.4) is 0 Å². The van der Waals surface area contributed by atoms with Gasteiger partial charge in [0.1, 0.15) is 10.8 Å². The molecule has 0 radical (unpaired) electrons. The lowest BCUT2D eigenvalue weighted by Gasteiger charge is -2.15. The normalized spacial score (nSPS) is 15.0. The molecule has 3 rings (SSSR count). The monoisotopic (exact) mass is 421 g/mol. The Bertz CT molecular complexity index is 988. The molecule has 1 aliphatic rings. The molecule has 0 aliphatic heterocycles. The number of aryl methyl sites for hydroxylation is 1. The molecule has 0 atom stereocenters. The van der Waals surface area contributed by atoms with Crippen molar-refractivity contribution in [1.82, 2.24) is 4.98 Å². The van der Waals surface area contributed by atoms with Gasteiger partial charge in [-0.2, -0.15) is 0 Å². The standard InChI is InChI=1S/C20H23NO5S2/c1-13-6-7-14(18(8-13)28(25,26)17-4-2-3-5-17)9-16(22)11-19-21-15(12-27-19)10-20(23)24/h6-8,12,17H,2-5,9-11H2,1H3,(H,23,24). The number of carbonyl (C=O) groups excluding carboxylic acids is 1. The van der Waals surface area contributed by atoms with Gasteiger partial charge in [-0.25, -0.2) is 13.4 Å². The molecule has 1 saturated carbocycles. The Morgan fingerprint density at radius 2 is 1.89 bits per heavy atom. The van der Waals surface area contributed by atoms with Crippen molar-refractivity contribution in [1.29, 1.82) is 0 Å². The lowest BCUT2D eigenvalue weighted by Crippen LogP contribution is -2.20. The zero-order valence-electron chi connectivity index (χ0n) is 15.7. The average Bonchev–Trinajstić information content (AvgIpc) is 3.28. The number of aromatic nitrogens is 1. The van der Waals surface area contributed by atoms with Crippen molar-refractivity contribution >= 4 is 32.9 Å². The first-order valence-electron chi connectivity index (χ1n) is 9.26. The highest BCUT2D eigenvalue weighted by molar-refractivity contribution is 7.92. The van der Waals surface area contributed by atoms with Crippen molar-refractivity contribution in [2.45, 2.75) is 62.0 Å². The number of hydrogen-bond acceptors (Lipinski definition) is 6. The minimum Gasteiger partial charge on any atom is -0.481 e. The number of Topliss-reactive ketones (excluding diaryl/α,β-unsaturated/α-hetero) is 1. The van der Waals surface area contributed by atoms with E-state index >= 15 is 0 Å². The number of hydrogen-bond donors (Lipinski definition) is 1. The van der Waals surface area contributed by atoms with Gasteiger partial charge in [0.15, 0.2) is 9.84 Å². The summed E-state index contributed by atoms with van der Waals surface area (Å²) in [6, 6.07) is 5.22. The van der Waals surface area contributed by atoms with Crippen LogP contribution in [0.25, 0.3) is 0 Å². The highest BCUT2D eigenvalue weighted by Crippen LogP contribution is 2.32. The van der Waals surface area contributed by atoms with Gasteiger partial charge in [0.05, 0.1) is 28.7 Å².